The van der Waals surface area contributed by atoms with E-state index in [0.29, 0.717) is 17.8 Å². The third kappa shape index (κ3) is 0.828. The maximum atomic E-state index is 11.8. The van der Waals surface area contributed by atoms with Crippen LogP contribution in [0.2, 0.25) is 0 Å². The molecule has 4 aliphatic carbocycles. The van der Waals surface area contributed by atoms with Crippen molar-refractivity contribution in [2.75, 3.05) is 14.2 Å². The standard InChI is InChI=1S/C11H14N2O4/c1-16-10(14)12-8-5-3-4-6(8)7(4)9(5)13(12)11(15)17-2/h4-9H,3H2,1-2H3/t4?,5?,6-,7+,8-,9+. The van der Waals surface area contributed by atoms with E-state index in [-0.39, 0.29) is 12.1 Å². The van der Waals surface area contributed by atoms with E-state index in [2.05, 4.69) is 0 Å². The van der Waals surface area contributed by atoms with Crippen molar-refractivity contribution in [1.29, 1.82) is 0 Å². The van der Waals surface area contributed by atoms with Gasteiger partial charge in [0.15, 0.2) is 0 Å². The third-order valence-corrected chi connectivity index (χ3v) is 5.02. The number of rotatable bonds is 0. The van der Waals surface area contributed by atoms with Gasteiger partial charge in [-0.15, -0.1) is 0 Å². The van der Waals surface area contributed by atoms with Gasteiger partial charge in [0, 0.05) is 5.92 Å². The monoisotopic (exact) mass is 238 g/mol. The highest BCUT2D eigenvalue weighted by molar-refractivity contribution is 5.77. The maximum absolute atomic E-state index is 11.8. The van der Waals surface area contributed by atoms with E-state index in [0.717, 1.165) is 12.3 Å². The maximum Gasteiger partial charge on any atom is 0.428 e. The van der Waals surface area contributed by atoms with Crippen LogP contribution in [0.4, 0.5) is 9.59 Å². The molecule has 6 heteroatoms. The molecule has 5 aliphatic rings. The molecule has 6 nitrogen and oxygen atoms in total. The number of hydrazine groups is 1. The highest BCUT2D eigenvalue weighted by Crippen LogP contribution is 2.76. The summed E-state index contributed by atoms with van der Waals surface area (Å²) in [5.41, 5.74) is 0. The summed E-state index contributed by atoms with van der Waals surface area (Å²) in [6.45, 7) is 0. The van der Waals surface area contributed by atoms with Gasteiger partial charge in [-0.25, -0.2) is 19.6 Å². The molecule has 1 heterocycles. The molecule has 1 saturated heterocycles. The Hall–Kier alpha value is -1.46. The molecular formula is C11H14N2O4. The molecule has 4 saturated carbocycles. The Morgan fingerprint density at radius 2 is 1.41 bits per heavy atom. The normalized spacial score (nSPS) is 47.4. The Kier molecular flexibility index (Phi) is 1.51. The molecule has 0 spiro atoms. The summed E-state index contributed by atoms with van der Waals surface area (Å²) in [4.78, 5) is 23.6. The van der Waals surface area contributed by atoms with Crippen molar-refractivity contribution < 1.29 is 19.1 Å². The first-order chi connectivity index (χ1) is 8.20. The fourth-order valence-corrected chi connectivity index (χ4v) is 4.65. The number of hydrogen-bond acceptors (Lipinski definition) is 4. The van der Waals surface area contributed by atoms with Crippen molar-refractivity contribution in [3.63, 3.8) is 0 Å². The first-order valence-corrected chi connectivity index (χ1v) is 5.95. The van der Waals surface area contributed by atoms with Crippen molar-refractivity contribution in [2.45, 2.75) is 18.5 Å². The Morgan fingerprint density at radius 1 is 0.941 bits per heavy atom. The molecule has 1 aliphatic heterocycles. The van der Waals surface area contributed by atoms with Gasteiger partial charge in [-0.2, -0.15) is 0 Å². The molecule has 6 atom stereocenters. The minimum Gasteiger partial charge on any atom is -0.452 e. The van der Waals surface area contributed by atoms with Gasteiger partial charge in [0.25, 0.3) is 0 Å². The van der Waals surface area contributed by atoms with Crippen LogP contribution in [0.3, 0.4) is 0 Å². The number of carbonyl (C=O) groups is 2. The average molecular weight is 238 g/mol. The molecule has 0 aromatic heterocycles. The highest BCUT2D eigenvalue weighted by Gasteiger charge is 2.82. The van der Waals surface area contributed by atoms with Gasteiger partial charge in [-0.1, -0.05) is 0 Å². The number of nitrogens with zero attached hydrogens (tertiary/aromatic N) is 2. The zero-order valence-electron chi connectivity index (χ0n) is 9.70. The summed E-state index contributed by atoms with van der Waals surface area (Å²) in [5, 5.41) is 2.99. The quantitative estimate of drug-likeness (QED) is 0.623. The van der Waals surface area contributed by atoms with Crippen LogP contribution in [-0.2, 0) is 9.47 Å². The Bertz CT molecular complexity index is 390. The van der Waals surface area contributed by atoms with Gasteiger partial charge in [0.05, 0.1) is 26.3 Å². The largest absolute Gasteiger partial charge is 0.452 e. The predicted octanol–water partition coefficient (Wildman–Crippen LogP) is 0.685. The van der Waals surface area contributed by atoms with Crippen molar-refractivity contribution >= 4 is 12.2 Å². The molecule has 92 valence electrons. The number of amides is 2. The third-order valence-electron chi connectivity index (χ3n) is 5.02. The number of carbonyl (C=O) groups excluding carboxylic acids is 2. The van der Waals surface area contributed by atoms with Crippen LogP contribution >= 0.6 is 0 Å². The summed E-state index contributed by atoms with van der Waals surface area (Å²) in [6.07, 6.45) is 0.254. The Morgan fingerprint density at radius 3 is 1.76 bits per heavy atom. The second-order valence-electron chi connectivity index (χ2n) is 5.33. The first-order valence-electron chi connectivity index (χ1n) is 5.95. The van der Waals surface area contributed by atoms with Gasteiger partial charge >= 0.3 is 12.2 Å². The topological polar surface area (TPSA) is 59.1 Å². The molecule has 17 heavy (non-hydrogen) atoms. The lowest BCUT2D eigenvalue weighted by molar-refractivity contribution is -0.0331. The SMILES string of the molecule is COC(=O)N1[C@@H]2C3CC4[C@@H]2[C@H]4[C@H]3N1C(=O)OC. The smallest absolute Gasteiger partial charge is 0.428 e. The zero-order chi connectivity index (χ0) is 11.9. The molecule has 6 bridgehead atoms. The summed E-state index contributed by atoms with van der Waals surface area (Å²) < 4.78 is 9.57. The number of ether oxygens (including phenoxy) is 2. The van der Waals surface area contributed by atoms with Crippen LogP contribution in [0.1, 0.15) is 6.42 Å². The molecule has 0 radical (unpaired) electrons. The van der Waals surface area contributed by atoms with E-state index in [1.165, 1.54) is 24.2 Å². The van der Waals surface area contributed by atoms with Crippen LogP contribution in [0, 0.1) is 23.7 Å². The summed E-state index contributed by atoms with van der Waals surface area (Å²) >= 11 is 0. The summed E-state index contributed by atoms with van der Waals surface area (Å²) in [6, 6.07) is 0.336. The molecule has 2 unspecified atom stereocenters. The Balaban J connectivity index is 1.73. The van der Waals surface area contributed by atoms with E-state index in [1.54, 1.807) is 0 Å². The zero-order valence-corrected chi connectivity index (χ0v) is 9.70. The van der Waals surface area contributed by atoms with Gasteiger partial charge < -0.3 is 9.47 Å². The van der Waals surface area contributed by atoms with E-state index >= 15 is 0 Å². The Labute approximate surface area is 98.4 Å². The molecule has 0 aromatic rings. The van der Waals surface area contributed by atoms with Gasteiger partial charge in [0.2, 0.25) is 0 Å². The van der Waals surface area contributed by atoms with Crippen LogP contribution in [-0.4, -0.2) is 48.5 Å². The number of methoxy groups -OCH3 is 2. The lowest BCUT2D eigenvalue weighted by Crippen LogP contribution is -2.54. The van der Waals surface area contributed by atoms with Crippen molar-refractivity contribution in [3.05, 3.63) is 0 Å². The van der Waals surface area contributed by atoms with Crippen LogP contribution < -0.4 is 0 Å². The van der Waals surface area contributed by atoms with E-state index in [4.69, 9.17) is 9.47 Å². The minimum absolute atomic E-state index is 0.168. The van der Waals surface area contributed by atoms with Crippen molar-refractivity contribution in [3.8, 4) is 0 Å². The molecule has 0 aromatic carbocycles. The molecular weight excluding hydrogens is 224 g/mol. The first kappa shape index (κ1) is 9.56. The van der Waals surface area contributed by atoms with Gasteiger partial charge in [-0.05, 0) is 24.2 Å². The summed E-state index contributed by atoms with van der Waals surface area (Å²) in [7, 11) is 2.69. The predicted molar refractivity (Wildman–Crippen MR) is 54.6 cm³/mol. The van der Waals surface area contributed by atoms with Gasteiger partial charge in [0.1, 0.15) is 0 Å². The second kappa shape index (κ2) is 2.68. The fraction of sp³-hybridized carbons (Fsp3) is 0.818. The molecule has 5 fully saturated rings. The van der Waals surface area contributed by atoms with Crippen LogP contribution in [0.25, 0.3) is 0 Å². The number of hydrogen-bond donors (Lipinski definition) is 0. The van der Waals surface area contributed by atoms with E-state index in [9.17, 15) is 9.59 Å². The average Bonchev–Trinajstić information content (AvgIpc) is 2.75. The lowest BCUT2D eigenvalue weighted by atomic mass is 10.1. The summed E-state index contributed by atoms with van der Waals surface area (Å²) in [5.74, 6) is 2.36. The van der Waals surface area contributed by atoms with Crippen molar-refractivity contribution in [2.24, 2.45) is 23.7 Å². The van der Waals surface area contributed by atoms with E-state index < -0.39 is 12.2 Å². The minimum atomic E-state index is -0.445. The van der Waals surface area contributed by atoms with Crippen LogP contribution in [0.5, 0.6) is 0 Å². The molecule has 2 amide bonds. The van der Waals surface area contributed by atoms with Crippen LogP contribution in [0.15, 0.2) is 0 Å². The molecule has 0 N–H and O–H groups in total. The van der Waals surface area contributed by atoms with Gasteiger partial charge in [-0.3, -0.25) is 0 Å². The fourth-order valence-electron chi connectivity index (χ4n) is 4.65. The van der Waals surface area contributed by atoms with Crippen molar-refractivity contribution in [1.82, 2.24) is 10.0 Å². The molecule has 5 rings (SSSR count). The second-order valence-corrected chi connectivity index (χ2v) is 5.33. The lowest BCUT2D eigenvalue weighted by Gasteiger charge is -2.35. The highest BCUT2D eigenvalue weighted by atomic mass is 16.6. The van der Waals surface area contributed by atoms with E-state index in [1.807, 2.05) is 0 Å².